The van der Waals surface area contributed by atoms with Crippen LogP contribution in [0.1, 0.15) is 45.3 Å². The molecular weight excluding hydrogens is 222 g/mol. The molecular formula is C16H25NO. The summed E-state index contributed by atoms with van der Waals surface area (Å²) >= 11 is 0. The van der Waals surface area contributed by atoms with Crippen molar-refractivity contribution in [2.45, 2.75) is 51.8 Å². The molecule has 3 unspecified atom stereocenters. The minimum absolute atomic E-state index is 0.227. The Bertz CT molecular complexity index is 363. The van der Waals surface area contributed by atoms with Crippen molar-refractivity contribution in [2.24, 2.45) is 5.92 Å². The second-order valence-corrected chi connectivity index (χ2v) is 5.82. The molecule has 1 N–H and O–H groups in total. The molecule has 0 aromatic heterocycles. The zero-order chi connectivity index (χ0) is 13.1. The molecule has 1 aliphatic rings. The van der Waals surface area contributed by atoms with Crippen LogP contribution in [-0.4, -0.2) is 28.6 Å². The second-order valence-electron chi connectivity index (χ2n) is 5.82. The number of likely N-dealkylation sites (tertiary alicyclic amines) is 1. The quantitative estimate of drug-likeness (QED) is 0.883. The van der Waals surface area contributed by atoms with Crippen LogP contribution in [0, 0.1) is 5.92 Å². The van der Waals surface area contributed by atoms with Gasteiger partial charge >= 0.3 is 0 Å². The molecule has 0 aliphatic carbocycles. The molecule has 0 radical (unpaired) electrons. The zero-order valence-corrected chi connectivity index (χ0v) is 11.7. The molecule has 3 atom stereocenters. The molecule has 100 valence electrons. The van der Waals surface area contributed by atoms with E-state index in [0.29, 0.717) is 12.0 Å². The van der Waals surface area contributed by atoms with Crippen LogP contribution in [0.2, 0.25) is 0 Å². The highest BCUT2D eigenvalue weighted by atomic mass is 16.3. The van der Waals surface area contributed by atoms with Crippen LogP contribution in [0.25, 0.3) is 0 Å². The lowest BCUT2D eigenvalue weighted by Crippen LogP contribution is -2.44. The van der Waals surface area contributed by atoms with E-state index in [1.165, 1.54) is 12.8 Å². The maximum atomic E-state index is 10.7. The van der Waals surface area contributed by atoms with Crippen LogP contribution in [0.15, 0.2) is 30.3 Å². The van der Waals surface area contributed by atoms with Gasteiger partial charge in [-0.2, -0.15) is 0 Å². The Morgan fingerprint density at radius 3 is 2.39 bits per heavy atom. The third-order valence-electron chi connectivity index (χ3n) is 4.13. The lowest BCUT2D eigenvalue weighted by molar-refractivity contribution is 0.0186. The van der Waals surface area contributed by atoms with E-state index >= 15 is 0 Å². The Morgan fingerprint density at radius 1 is 1.22 bits per heavy atom. The highest BCUT2D eigenvalue weighted by Crippen LogP contribution is 2.31. The zero-order valence-electron chi connectivity index (χ0n) is 11.7. The van der Waals surface area contributed by atoms with Crippen LogP contribution >= 0.6 is 0 Å². The monoisotopic (exact) mass is 247 g/mol. The van der Waals surface area contributed by atoms with Gasteiger partial charge in [-0.15, -0.1) is 0 Å². The molecule has 18 heavy (non-hydrogen) atoms. The number of nitrogens with zero attached hydrogens (tertiary/aromatic N) is 1. The van der Waals surface area contributed by atoms with Crippen LogP contribution in [0.5, 0.6) is 0 Å². The van der Waals surface area contributed by atoms with Crippen LogP contribution in [0.4, 0.5) is 0 Å². The van der Waals surface area contributed by atoms with Crippen LogP contribution in [0.3, 0.4) is 0 Å². The van der Waals surface area contributed by atoms with E-state index < -0.39 is 0 Å². The summed E-state index contributed by atoms with van der Waals surface area (Å²) in [6.07, 6.45) is 2.13. The number of aliphatic hydroxyl groups excluding tert-OH is 1. The summed E-state index contributed by atoms with van der Waals surface area (Å²) in [5.41, 5.74) is 1.04. The first kappa shape index (κ1) is 13.6. The Hall–Kier alpha value is -0.860. The van der Waals surface area contributed by atoms with E-state index in [4.69, 9.17) is 0 Å². The maximum Gasteiger partial charge on any atom is 0.0947 e. The van der Waals surface area contributed by atoms with Crippen molar-refractivity contribution in [1.82, 2.24) is 4.90 Å². The third-order valence-corrected chi connectivity index (χ3v) is 4.13. The normalized spacial score (nSPS) is 24.4. The number of aliphatic hydroxyl groups is 1. The Morgan fingerprint density at radius 2 is 1.89 bits per heavy atom. The van der Waals surface area contributed by atoms with E-state index in [2.05, 4.69) is 25.7 Å². The smallest absolute Gasteiger partial charge is 0.0947 e. The molecule has 1 saturated heterocycles. The first-order chi connectivity index (χ1) is 8.61. The van der Waals surface area contributed by atoms with E-state index in [-0.39, 0.29) is 12.1 Å². The van der Waals surface area contributed by atoms with Crippen molar-refractivity contribution in [3.05, 3.63) is 35.9 Å². The van der Waals surface area contributed by atoms with Gasteiger partial charge < -0.3 is 5.11 Å². The molecule has 0 bridgehead atoms. The summed E-state index contributed by atoms with van der Waals surface area (Å²) in [4.78, 5) is 2.49. The first-order valence-electron chi connectivity index (χ1n) is 7.10. The van der Waals surface area contributed by atoms with Gasteiger partial charge in [0.15, 0.2) is 0 Å². The summed E-state index contributed by atoms with van der Waals surface area (Å²) in [7, 11) is 0. The van der Waals surface area contributed by atoms with Crippen molar-refractivity contribution >= 4 is 0 Å². The average Bonchev–Trinajstić information content (AvgIpc) is 2.76. The molecule has 2 rings (SSSR count). The predicted molar refractivity (Wildman–Crippen MR) is 75.4 cm³/mol. The standard InChI is InChI=1S/C16H25NO/c1-12(2)15(17-11-7-8-13(17)3)16(18)14-9-5-4-6-10-14/h4-6,9-10,12-13,15-16,18H,7-8,11H2,1-3H3. The van der Waals surface area contributed by atoms with Gasteiger partial charge in [0.2, 0.25) is 0 Å². The maximum absolute atomic E-state index is 10.7. The van der Waals surface area contributed by atoms with Gasteiger partial charge in [0.05, 0.1) is 6.10 Å². The summed E-state index contributed by atoms with van der Waals surface area (Å²) < 4.78 is 0. The Labute approximate surface area is 111 Å². The number of hydrogen-bond acceptors (Lipinski definition) is 2. The van der Waals surface area contributed by atoms with E-state index in [0.717, 1.165) is 12.1 Å². The van der Waals surface area contributed by atoms with Crippen LogP contribution in [-0.2, 0) is 0 Å². The topological polar surface area (TPSA) is 23.5 Å². The highest BCUT2D eigenvalue weighted by Gasteiger charge is 2.34. The Kier molecular flexibility index (Phi) is 4.41. The lowest BCUT2D eigenvalue weighted by atomic mass is 9.91. The molecule has 1 aromatic rings. The molecule has 2 heteroatoms. The van der Waals surface area contributed by atoms with E-state index in [1.54, 1.807) is 0 Å². The molecule has 1 fully saturated rings. The van der Waals surface area contributed by atoms with Gasteiger partial charge in [0.1, 0.15) is 0 Å². The molecule has 2 nitrogen and oxygen atoms in total. The average molecular weight is 247 g/mol. The SMILES string of the molecule is CC(C)C(C(O)c1ccccc1)N1CCCC1C. The minimum atomic E-state index is -0.383. The van der Waals surface area contributed by atoms with Gasteiger partial charge in [-0.3, -0.25) is 4.90 Å². The van der Waals surface area contributed by atoms with Crippen molar-refractivity contribution in [3.8, 4) is 0 Å². The first-order valence-corrected chi connectivity index (χ1v) is 7.10. The molecule has 1 aliphatic heterocycles. The predicted octanol–water partition coefficient (Wildman–Crippen LogP) is 3.23. The molecule has 0 amide bonds. The van der Waals surface area contributed by atoms with E-state index in [9.17, 15) is 5.11 Å². The minimum Gasteiger partial charge on any atom is -0.387 e. The van der Waals surface area contributed by atoms with Crippen LogP contribution < -0.4 is 0 Å². The molecule has 1 aromatic carbocycles. The fraction of sp³-hybridized carbons (Fsp3) is 0.625. The third kappa shape index (κ3) is 2.76. The Balaban J connectivity index is 2.20. The van der Waals surface area contributed by atoms with Gasteiger partial charge in [0, 0.05) is 12.1 Å². The lowest BCUT2D eigenvalue weighted by Gasteiger charge is -2.37. The molecule has 0 saturated carbocycles. The van der Waals surface area contributed by atoms with E-state index in [1.807, 2.05) is 30.3 Å². The summed E-state index contributed by atoms with van der Waals surface area (Å²) in [6.45, 7) is 7.82. The van der Waals surface area contributed by atoms with Crippen molar-refractivity contribution < 1.29 is 5.11 Å². The van der Waals surface area contributed by atoms with Crippen molar-refractivity contribution in [1.29, 1.82) is 0 Å². The largest absolute Gasteiger partial charge is 0.387 e. The molecule has 1 heterocycles. The van der Waals surface area contributed by atoms with Crippen molar-refractivity contribution in [3.63, 3.8) is 0 Å². The second kappa shape index (κ2) is 5.85. The van der Waals surface area contributed by atoms with Crippen molar-refractivity contribution in [2.75, 3.05) is 6.54 Å². The van der Waals surface area contributed by atoms with Gasteiger partial charge in [-0.05, 0) is 37.8 Å². The summed E-state index contributed by atoms with van der Waals surface area (Å²) in [6, 6.07) is 10.9. The molecule has 0 spiro atoms. The fourth-order valence-corrected chi connectivity index (χ4v) is 3.17. The number of rotatable bonds is 4. The fourth-order valence-electron chi connectivity index (χ4n) is 3.17. The summed E-state index contributed by atoms with van der Waals surface area (Å²) in [5.74, 6) is 0.459. The van der Waals surface area contributed by atoms with Gasteiger partial charge in [-0.1, -0.05) is 44.2 Å². The number of hydrogen-bond donors (Lipinski definition) is 1. The summed E-state index contributed by atoms with van der Waals surface area (Å²) in [5, 5.41) is 10.7. The van der Waals surface area contributed by atoms with Gasteiger partial charge in [0.25, 0.3) is 0 Å². The number of benzene rings is 1. The highest BCUT2D eigenvalue weighted by molar-refractivity contribution is 5.19. The van der Waals surface area contributed by atoms with Gasteiger partial charge in [-0.25, -0.2) is 0 Å².